The molecule has 0 aromatic carbocycles. The lowest BCUT2D eigenvalue weighted by molar-refractivity contribution is 0.124. The topological polar surface area (TPSA) is 116 Å². The van der Waals surface area contributed by atoms with Gasteiger partial charge in [-0.3, -0.25) is 0 Å². The molecular formula is C16H25N5O4S. The molecule has 1 aromatic rings. The number of hydrogen-bond acceptors (Lipinski definition) is 6. The number of hydrogen-bond donors (Lipinski definition) is 2. The number of carbonyl (C=O) groups is 1. The fraction of sp³-hybridized carbons (Fsp3) is 0.688. The molecule has 1 amide bonds. The van der Waals surface area contributed by atoms with Gasteiger partial charge in [-0.05, 0) is 25.3 Å². The van der Waals surface area contributed by atoms with E-state index in [-0.39, 0.29) is 0 Å². The van der Waals surface area contributed by atoms with Crippen molar-refractivity contribution in [2.75, 3.05) is 32.4 Å². The van der Waals surface area contributed by atoms with Crippen LogP contribution in [0.3, 0.4) is 0 Å². The van der Waals surface area contributed by atoms with Crippen LogP contribution in [0, 0.1) is 5.92 Å². The van der Waals surface area contributed by atoms with Gasteiger partial charge >= 0.3 is 6.09 Å². The van der Waals surface area contributed by atoms with Crippen LogP contribution in [-0.2, 0) is 29.5 Å². The zero-order chi connectivity index (χ0) is 18.7. The molecule has 1 saturated heterocycles. The van der Waals surface area contributed by atoms with Gasteiger partial charge in [0.05, 0.1) is 12.8 Å². The Labute approximate surface area is 153 Å². The number of nitrogens with zero attached hydrogens (tertiary/aromatic N) is 4. The van der Waals surface area contributed by atoms with Crippen LogP contribution < -0.4 is 5.32 Å². The summed E-state index contributed by atoms with van der Waals surface area (Å²) in [7, 11) is -3.19. The third kappa shape index (κ3) is 4.68. The Morgan fingerprint density at radius 3 is 2.73 bits per heavy atom. The SMILES string of the molecule is CS(=O)(=O)N1CCc2nc(CNCC3CCN(C(=O)O)CC3)ncc2C1. The van der Waals surface area contributed by atoms with Crippen LogP contribution in [0.4, 0.5) is 4.79 Å². The number of piperidine rings is 1. The summed E-state index contributed by atoms with van der Waals surface area (Å²) in [6.45, 7) is 3.35. The molecule has 3 heterocycles. The number of amides is 1. The summed E-state index contributed by atoms with van der Waals surface area (Å²) in [4.78, 5) is 21.3. The van der Waals surface area contributed by atoms with Gasteiger partial charge in [-0.1, -0.05) is 0 Å². The van der Waals surface area contributed by atoms with Crippen molar-refractivity contribution in [3.8, 4) is 0 Å². The smallest absolute Gasteiger partial charge is 0.407 e. The second-order valence-electron chi connectivity index (χ2n) is 6.95. The summed E-state index contributed by atoms with van der Waals surface area (Å²) in [6, 6.07) is 0. The Kier molecular flexibility index (Phi) is 5.73. The molecule has 2 aliphatic heterocycles. The molecule has 26 heavy (non-hydrogen) atoms. The minimum atomic E-state index is -3.19. The second kappa shape index (κ2) is 7.85. The van der Waals surface area contributed by atoms with Gasteiger partial charge in [-0.2, -0.15) is 4.31 Å². The van der Waals surface area contributed by atoms with E-state index in [0.29, 0.717) is 50.9 Å². The first kappa shape index (κ1) is 19.0. The summed E-state index contributed by atoms with van der Waals surface area (Å²) >= 11 is 0. The number of likely N-dealkylation sites (tertiary alicyclic amines) is 1. The van der Waals surface area contributed by atoms with Gasteiger partial charge in [-0.15, -0.1) is 0 Å². The van der Waals surface area contributed by atoms with Crippen molar-refractivity contribution < 1.29 is 18.3 Å². The molecule has 2 aliphatic rings. The van der Waals surface area contributed by atoms with Crippen LogP contribution in [0.25, 0.3) is 0 Å². The van der Waals surface area contributed by atoms with Crippen molar-refractivity contribution in [2.24, 2.45) is 5.92 Å². The minimum Gasteiger partial charge on any atom is -0.465 e. The number of fused-ring (bicyclic) bond motifs is 1. The molecule has 0 radical (unpaired) electrons. The Morgan fingerprint density at radius 2 is 2.08 bits per heavy atom. The maximum atomic E-state index is 11.7. The summed E-state index contributed by atoms with van der Waals surface area (Å²) in [5, 5.41) is 12.3. The van der Waals surface area contributed by atoms with Crippen molar-refractivity contribution in [3.05, 3.63) is 23.3 Å². The summed E-state index contributed by atoms with van der Waals surface area (Å²) in [6.07, 6.45) is 4.44. The zero-order valence-electron chi connectivity index (χ0n) is 14.9. The molecular weight excluding hydrogens is 358 g/mol. The van der Waals surface area contributed by atoms with E-state index in [1.807, 2.05) is 0 Å². The fourth-order valence-electron chi connectivity index (χ4n) is 3.42. The van der Waals surface area contributed by atoms with Crippen LogP contribution >= 0.6 is 0 Å². The lowest BCUT2D eigenvalue weighted by Gasteiger charge is -2.30. The van der Waals surface area contributed by atoms with E-state index in [2.05, 4.69) is 15.3 Å². The first-order valence-electron chi connectivity index (χ1n) is 8.80. The summed E-state index contributed by atoms with van der Waals surface area (Å²) in [5.41, 5.74) is 1.79. The molecule has 0 aliphatic carbocycles. The predicted octanol–water partition coefficient (Wildman–Crippen LogP) is 0.274. The maximum Gasteiger partial charge on any atom is 0.407 e. The van der Waals surface area contributed by atoms with Crippen LogP contribution in [-0.4, -0.2) is 71.2 Å². The average molecular weight is 383 g/mol. The first-order chi connectivity index (χ1) is 12.3. The molecule has 2 N–H and O–H groups in total. The minimum absolute atomic E-state index is 0.337. The van der Waals surface area contributed by atoms with Crippen LogP contribution in [0.1, 0.15) is 29.9 Å². The normalized spacial score (nSPS) is 19.3. The quantitative estimate of drug-likeness (QED) is 0.750. The summed E-state index contributed by atoms with van der Waals surface area (Å²) in [5.74, 6) is 1.17. The van der Waals surface area contributed by atoms with E-state index in [0.717, 1.165) is 30.6 Å². The molecule has 1 fully saturated rings. The molecule has 0 atom stereocenters. The number of carboxylic acid groups (broad SMARTS) is 1. The Balaban J connectivity index is 1.48. The van der Waals surface area contributed by atoms with Crippen molar-refractivity contribution in [1.82, 2.24) is 24.5 Å². The van der Waals surface area contributed by atoms with Gasteiger partial charge in [0.1, 0.15) is 5.82 Å². The molecule has 1 aromatic heterocycles. The molecule has 0 bridgehead atoms. The first-order valence-corrected chi connectivity index (χ1v) is 10.6. The van der Waals surface area contributed by atoms with E-state index >= 15 is 0 Å². The predicted molar refractivity (Wildman–Crippen MR) is 95.0 cm³/mol. The van der Waals surface area contributed by atoms with E-state index < -0.39 is 16.1 Å². The maximum absolute atomic E-state index is 11.7. The molecule has 10 heteroatoms. The lowest BCUT2D eigenvalue weighted by atomic mass is 9.97. The van der Waals surface area contributed by atoms with Crippen molar-refractivity contribution in [2.45, 2.75) is 32.4 Å². The molecule has 0 spiro atoms. The van der Waals surface area contributed by atoms with Crippen molar-refractivity contribution in [3.63, 3.8) is 0 Å². The molecule has 144 valence electrons. The highest BCUT2D eigenvalue weighted by Crippen LogP contribution is 2.19. The molecule has 9 nitrogen and oxygen atoms in total. The number of sulfonamides is 1. The Bertz CT molecular complexity index is 762. The number of nitrogens with one attached hydrogen (secondary N) is 1. The van der Waals surface area contributed by atoms with Gasteiger partial charge in [0.15, 0.2) is 0 Å². The Morgan fingerprint density at radius 1 is 1.35 bits per heavy atom. The van der Waals surface area contributed by atoms with E-state index in [1.165, 1.54) is 15.5 Å². The second-order valence-corrected chi connectivity index (χ2v) is 8.93. The Hall–Kier alpha value is -1.78. The van der Waals surface area contributed by atoms with Crippen LogP contribution in [0.15, 0.2) is 6.20 Å². The van der Waals surface area contributed by atoms with E-state index in [1.54, 1.807) is 6.20 Å². The number of aromatic nitrogens is 2. The van der Waals surface area contributed by atoms with Gasteiger partial charge < -0.3 is 15.3 Å². The molecule has 0 unspecified atom stereocenters. The third-order valence-corrected chi connectivity index (χ3v) is 6.27. The fourth-order valence-corrected chi connectivity index (χ4v) is 4.21. The van der Waals surface area contributed by atoms with Gasteiger partial charge in [0, 0.05) is 50.1 Å². The van der Waals surface area contributed by atoms with Crippen LogP contribution in [0.2, 0.25) is 0 Å². The third-order valence-electron chi connectivity index (χ3n) is 5.02. The molecule has 3 rings (SSSR count). The molecule has 0 saturated carbocycles. The van der Waals surface area contributed by atoms with Gasteiger partial charge in [0.25, 0.3) is 0 Å². The highest BCUT2D eigenvalue weighted by molar-refractivity contribution is 7.88. The number of rotatable bonds is 5. The largest absolute Gasteiger partial charge is 0.465 e. The monoisotopic (exact) mass is 383 g/mol. The lowest BCUT2D eigenvalue weighted by Crippen LogP contribution is -2.40. The van der Waals surface area contributed by atoms with Crippen molar-refractivity contribution in [1.29, 1.82) is 0 Å². The highest BCUT2D eigenvalue weighted by Gasteiger charge is 2.25. The van der Waals surface area contributed by atoms with Gasteiger partial charge in [0.2, 0.25) is 10.0 Å². The highest BCUT2D eigenvalue weighted by atomic mass is 32.2. The van der Waals surface area contributed by atoms with Crippen LogP contribution in [0.5, 0.6) is 0 Å². The van der Waals surface area contributed by atoms with E-state index in [9.17, 15) is 13.2 Å². The van der Waals surface area contributed by atoms with Gasteiger partial charge in [-0.25, -0.2) is 23.2 Å². The standard InChI is InChI=1S/C16H25N5O4S/c1-26(24,25)21-7-4-14-13(11-21)9-18-15(19-14)10-17-8-12-2-5-20(6-3-12)16(22)23/h9,12,17H,2-8,10-11H2,1H3,(H,22,23). The van der Waals surface area contributed by atoms with E-state index in [4.69, 9.17) is 5.11 Å². The van der Waals surface area contributed by atoms with Crippen molar-refractivity contribution >= 4 is 16.1 Å². The average Bonchev–Trinajstić information content (AvgIpc) is 2.61. The zero-order valence-corrected chi connectivity index (χ0v) is 15.7. The summed E-state index contributed by atoms with van der Waals surface area (Å²) < 4.78 is 24.7.